The van der Waals surface area contributed by atoms with Crippen molar-refractivity contribution >= 4 is 0 Å². The highest BCUT2D eigenvalue weighted by Crippen LogP contribution is 2.27. The van der Waals surface area contributed by atoms with Crippen molar-refractivity contribution in [2.75, 3.05) is 6.54 Å². The van der Waals surface area contributed by atoms with E-state index in [0.717, 1.165) is 23.5 Å². The zero-order valence-corrected chi connectivity index (χ0v) is 11.9. The van der Waals surface area contributed by atoms with E-state index in [0.29, 0.717) is 6.54 Å². The quantitative estimate of drug-likeness (QED) is 0.899. The third-order valence-corrected chi connectivity index (χ3v) is 3.38. The lowest BCUT2D eigenvalue weighted by molar-refractivity contribution is 0.478. The van der Waals surface area contributed by atoms with Gasteiger partial charge in [0.2, 0.25) is 0 Å². The summed E-state index contributed by atoms with van der Waals surface area (Å²) in [5.41, 5.74) is 10.5. The summed E-state index contributed by atoms with van der Waals surface area (Å²) in [5, 5.41) is 0. The van der Waals surface area contributed by atoms with Crippen LogP contribution in [0.5, 0.6) is 11.5 Å². The van der Waals surface area contributed by atoms with Crippen LogP contribution in [-0.2, 0) is 6.42 Å². The summed E-state index contributed by atoms with van der Waals surface area (Å²) in [7, 11) is 0. The van der Waals surface area contributed by atoms with Gasteiger partial charge in [-0.2, -0.15) is 0 Å². The Balaban J connectivity index is 2.20. The van der Waals surface area contributed by atoms with Crippen LogP contribution in [0.2, 0.25) is 0 Å². The molecule has 0 unspecified atom stereocenters. The largest absolute Gasteiger partial charge is 0.457 e. The summed E-state index contributed by atoms with van der Waals surface area (Å²) in [6, 6.07) is 12.4. The number of ether oxygens (including phenoxy) is 1. The first-order valence-electron chi connectivity index (χ1n) is 6.65. The molecule has 0 aliphatic rings. The predicted molar refractivity (Wildman–Crippen MR) is 79.9 cm³/mol. The normalized spacial score (nSPS) is 10.5. The maximum Gasteiger partial charge on any atom is 0.130 e. The number of hydrogen-bond acceptors (Lipinski definition) is 2. The van der Waals surface area contributed by atoms with E-state index in [9.17, 15) is 0 Å². The zero-order chi connectivity index (χ0) is 13.8. The van der Waals surface area contributed by atoms with Gasteiger partial charge in [-0.3, -0.25) is 0 Å². The van der Waals surface area contributed by atoms with E-state index in [4.69, 9.17) is 10.5 Å². The first-order valence-corrected chi connectivity index (χ1v) is 6.65. The Labute approximate surface area is 115 Å². The SMILES string of the molecule is Cc1ccc(Oc2ccc(CCN)cc2C)cc1C. The van der Waals surface area contributed by atoms with Gasteiger partial charge in [0.05, 0.1) is 0 Å². The molecule has 0 spiro atoms. The van der Waals surface area contributed by atoms with Gasteiger partial charge in [0, 0.05) is 0 Å². The Bertz CT molecular complexity index is 575. The molecular formula is C17H21NO. The van der Waals surface area contributed by atoms with Gasteiger partial charge >= 0.3 is 0 Å². The fourth-order valence-corrected chi connectivity index (χ4v) is 2.05. The second kappa shape index (κ2) is 5.89. The molecule has 2 heteroatoms. The molecule has 0 fully saturated rings. The van der Waals surface area contributed by atoms with Gasteiger partial charge in [0.1, 0.15) is 11.5 Å². The van der Waals surface area contributed by atoms with Gasteiger partial charge in [0.15, 0.2) is 0 Å². The van der Waals surface area contributed by atoms with Crippen LogP contribution < -0.4 is 10.5 Å². The Hall–Kier alpha value is -1.80. The Morgan fingerprint density at radius 2 is 1.68 bits per heavy atom. The molecule has 0 saturated heterocycles. The molecule has 2 nitrogen and oxygen atoms in total. The molecule has 100 valence electrons. The molecule has 2 aromatic rings. The lowest BCUT2D eigenvalue weighted by atomic mass is 10.1. The lowest BCUT2D eigenvalue weighted by Gasteiger charge is -2.11. The molecule has 2 N–H and O–H groups in total. The van der Waals surface area contributed by atoms with Crippen LogP contribution in [0.25, 0.3) is 0 Å². The van der Waals surface area contributed by atoms with Gasteiger partial charge in [-0.05, 0) is 74.2 Å². The number of hydrogen-bond donors (Lipinski definition) is 1. The fraction of sp³-hybridized carbons (Fsp3) is 0.294. The minimum Gasteiger partial charge on any atom is -0.457 e. The molecule has 0 aromatic heterocycles. The third kappa shape index (κ3) is 3.36. The number of rotatable bonds is 4. The third-order valence-electron chi connectivity index (χ3n) is 3.38. The van der Waals surface area contributed by atoms with Crippen molar-refractivity contribution in [3.63, 3.8) is 0 Å². The molecule has 2 rings (SSSR count). The minimum atomic E-state index is 0.677. The minimum absolute atomic E-state index is 0.677. The van der Waals surface area contributed by atoms with E-state index >= 15 is 0 Å². The number of aryl methyl sites for hydroxylation is 3. The average molecular weight is 255 g/mol. The maximum absolute atomic E-state index is 5.95. The van der Waals surface area contributed by atoms with Crippen molar-refractivity contribution < 1.29 is 4.74 Å². The zero-order valence-electron chi connectivity index (χ0n) is 11.9. The van der Waals surface area contributed by atoms with Crippen molar-refractivity contribution in [1.29, 1.82) is 0 Å². The molecule has 0 amide bonds. The summed E-state index contributed by atoms with van der Waals surface area (Å²) in [5.74, 6) is 1.79. The summed E-state index contributed by atoms with van der Waals surface area (Å²) >= 11 is 0. The molecule has 0 radical (unpaired) electrons. The lowest BCUT2D eigenvalue weighted by Crippen LogP contribution is -2.02. The van der Waals surface area contributed by atoms with Gasteiger partial charge in [0.25, 0.3) is 0 Å². The second-order valence-electron chi connectivity index (χ2n) is 4.99. The van der Waals surface area contributed by atoms with Crippen molar-refractivity contribution in [3.05, 3.63) is 58.7 Å². The van der Waals surface area contributed by atoms with E-state index in [1.165, 1.54) is 16.7 Å². The summed E-state index contributed by atoms with van der Waals surface area (Å²) in [6.45, 7) is 6.94. The summed E-state index contributed by atoms with van der Waals surface area (Å²) in [6.07, 6.45) is 0.907. The number of nitrogens with two attached hydrogens (primary N) is 1. The molecule has 0 heterocycles. The molecule has 0 aliphatic heterocycles. The summed E-state index contributed by atoms with van der Waals surface area (Å²) < 4.78 is 5.95. The van der Waals surface area contributed by atoms with Crippen LogP contribution >= 0.6 is 0 Å². The smallest absolute Gasteiger partial charge is 0.130 e. The maximum atomic E-state index is 5.95. The molecular weight excluding hydrogens is 234 g/mol. The first kappa shape index (κ1) is 13.6. The van der Waals surface area contributed by atoms with Crippen LogP contribution in [0, 0.1) is 20.8 Å². The fourth-order valence-electron chi connectivity index (χ4n) is 2.05. The molecule has 0 saturated carbocycles. The van der Waals surface area contributed by atoms with Crippen molar-refractivity contribution in [3.8, 4) is 11.5 Å². The highest BCUT2D eigenvalue weighted by atomic mass is 16.5. The standard InChI is InChI=1S/C17H21NO/c1-12-4-6-16(11-13(12)2)19-17-7-5-15(8-9-18)10-14(17)3/h4-7,10-11H,8-9,18H2,1-3H3. The van der Waals surface area contributed by atoms with E-state index in [-0.39, 0.29) is 0 Å². The average Bonchev–Trinajstić information content (AvgIpc) is 2.37. The highest BCUT2D eigenvalue weighted by Gasteiger charge is 2.04. The van der Waals surface area contributed by atoms with E-state index in [1.54, 1.807) is 0 Å². The van der Waals surface area contributed by atoms with Crippen LogP contribution in [0.1, 0.15) is 22.3 Å². The monoisotopic (exact) mass is 255 g/mol. The first-order chi connectivity index (χ1) is 9.10. The van der Waals surface area contributed by atoms with E-state index < -0.39 is 0 Å². The van der Waals surface area contributed by atoms with Crippen molar-refractivity contribution in [1.82, 2.24) is 0 Å². The van der Waals surface area contributed by atoms with Gasteiger partial charge in [-0.15, -0.1) is 0 Å². The van der Waals surface area contributed by atoms with Crippen LogP contribution in [0.3, 0.4) is 0 Å². The van der Waals surface area contributed by atoms with Gasteiger partial charge in [-0.25, -0.2) is 0 Å². The Kier molecular flexibility index (Phi) is 4.23. The summed E-state index contributed by atoms with van der Waals surface area (Å²) in [4.78, 5) is 0. The number of benzene rings is 2. The van der Waals surface area contributed by atoms with Crippen molar-refractivity contribution in [2.24, 2.45) is 5.73 Å². The van der Waals surface area contributed by atoms with Gasteiger partial charge in [-0.1, -0.05) is 18.2 Å². The van der Waals surface area contributed by atoms with Gasteiger partial charge < -0.3 is 10.5 Å². The van der Waals surface area contributed by atoms with Crippen LogP contribution in [0.4, 0.5) is 0 Å². The second-order valence-corrected chi connectivity index (χ2v) is 4.99. The molecule has 0 aliphatic carbocycles. The van der Waals surface area contributed by atoms with Crippen LogP contribution in [0.15, 0.2) is 36.4 Å². The topological polar surface area (TPSA) is 35.2 Å². The predicted octanol–water partition coefficient (Wildman–Crippen LogP) is 3.91. The molecule has 0 bridgehead atoms. The van der Waals surface area contributed by atoms with Crippen molar-refractivity contribution in [2.45, 2.75) is 27.2 Å². The molecule has 2 aromatic carbocycles. The van der Waals surface area contributed by atoms with E-state index in [1.807, 2.05) is 12.1 Å². The Morgan fingerprint density at radius 3 is 2.32 bits per heavy atom. The molecule has 0 atom stereocenters. The van der Waals surface area contributed by atoms with Crippen LogP contribution in [-0.4, -0.2) is 6.54 Å². The van der Waals surface area contributed by atoms with E-state index in [2.05, 4.69) is 45.0 Å². The molecule has 19 heavy (non-hydrogen) atoms. The highest BCUT2D eigenvalue weighted by molar-refractivity contribution is 5.41. The Morgan fingerprint density at radius 1 is 0.895 bits per heavy atom.